The van der Waals surface area contributed by atoms with E-state index in [-0.39, 0.29) is 12.5 Å². The zero-order chi connectivity index (χ0) is 12.6. The van der Waals surface area contributed by atoms with Gasteiger partial charge < -0.3 is 15.7 Å². The third-order valence-corrected chi connectivity index (χ3v) is 5.47. The van der Waals surface area contributed by atoms with Gasteiger partial charge in [-0.2, -0.15) is 0 Å². The summed E-state index contributed by atoms with van der Waals surface area (Å²) in [5, 5.41) is 15.5. The molecule has 18 heavy (non-hydrogen) atoms. The Morgan fingerprint density at radius 2 is 2.11 bits per heavy atom. The van der Waals surface area contributed by atoms with E-state index in [1.54, 1.807) is 0 Å². The molecule has 1 heterocycles. The largest absolute Gasteiger partial charge is 0.395 e. The van der Waals surface area contributed by atoms with E-state index in [1.165, 1.54) is 32.1 Å². The Kier molecular flexibility index (Phi) is 3.32. The minimum Gasteiger partial charge on any atom is -0.395 e. The third-order valence-electron chi connectivity index (χ3n) is 5.47. The van der Waals surface area contributed by atoms with E-state index in [0.29, 0.717) is 19.0 Å². The molecule has 3 aliphatic rings. The number of rotatable bonds is 4. The van der Waals surface area contributed by atoms with E-state index in [4.69, 9.17) is 0 Å². The zero-order valence-corrected chi connectivity index (χ0v) is 11.0. The Hall–Kier alpha value is -0.610. The van der Waals surface area contributed by atoms with Crippen molar-refractivity contribution in [2.45, 2.75) is 32.1 Å². The van der Waals surface area contributed by atoms with Crippen molar-refractivity contribution in [1.29, 1.82) is 0 Å². The molecule has 0 spiro atoms. The zero-order valence-electron chi connectivity index (χ0n) is 11.0. The highest BCUT2D eigenvalue weighted by atomic mass is 16.3. The average molecular weight is 252 g/mol. The molecule has 2 aliphatic carbocycles. The van der Waals surface area contributed by atoms with Gasteiger partial charge in [0.15, 0.2) is 0 Å². The number of amides is 1. The number of aliphatic hydroxyl groups is 1. The average Bonchev–Trinajstić information content (AvgIpc) is 2.88. The minimum atomic E-state index is -0.534. The second-order valence-corrected chi connectivity index (χ2v) is 6.44. The molecule has 0 unspecified atom stereocenters. The van der Waals surface area contributed by atoms with Crippen molar-refractivity contribution in [3.05, 3.63) is 0 Å². The first-order chi connectivity index (χ1) is 8.75. The van der Waals surface area contributed by atoms with Gasteiger partial charge in [-0.05, 0) is 37.0 Å². The second-order valence-electron chi connectivity index (χ2n) is 6.44. The van der Waals surface area contributed by atoms with Gasteiger partial charge in [-0.3, -0.25) is 4.79 Å². The fourth-order valence-corrected chi connectivity index (χ4v) is 4.12. The molecule has 4 nitrogen and oxygen atoms in total. The van der Waals surface area contributed by atoms with Crippen LogP contribution in [0, 0.1) is 23.2 Å². The molecule has 1 amide bonds. The van der Waals surface area contributed by atoms with Gasteiger partial charge in [0.2, 0.25) is 5.91 Å². The van der Waals surface area contributed by atoms with E-state index in [0.717, 1.165) is 18.4 Å². The summed E-state index contributed by atoms with van der Waals surface area (Å²) in [6, 6.07) is 0. The molecule has 4 heteroatoms. The topological polar surface area (TPSA) is 61.4 Å². The standard InChI is InChI=1S/C14H24N2O2/c17-9-14(7-15-8-14)13(18)16-6-11-5-4-10-2-1-3-12(10)11/h10-12,15,17H,1-9H2,(H,16,18)/t10-,11+,12-/m0/s1. The highest BCUT2D eigenvalue weighted by Crippen LogP contribution is 2.47. The van der Waals surface area contributed by atoms with Crippen molar-refractivity contribution in [2.75, 3.05) is 26.2 Å². The molecule has 0 aromatic heterocycles. The summed E-state index contributed by atoms with van der Waals surface area (Å²) in [4.78, 5) is 12.1. The SMILES string of the molecule is O=C(NC[C@H]1CC[C@@H]2CCC[C@@H]21)C1(CO)CNC1. The van der Waals surface area contributed by atoms with Crippen LogP contribution in [0.15, 0.2) is 0 Å². The Morgan fingerprint density at radius 1 is 1.28 bits per heavy atom. The Labute approximate surface area is 109 Å². The van der Waals surface area contributed by atoms with Gasteiger partial charge in [-0.15, -0.1) is 0 Å². The van der Waals surface area contributed by atoms with Crippen LogP contribution in [-0.2, 0) is 4.79 Å². The van der Waals surface area contributed by atoms with Crippen LogP contribution < -0.4 is 10.6 Å². The van der Waals surface area contributed by atoms with Crippen LogP contribution in [0.5, 0.6) is 0 Å². The van der Waals surface area contributed by atoms with E-state index >= 15 is 0 Å². The quantitative estimate of drug-likeness (QED) is 0.683. The number of aliphatic hydroxyl groups excluding tert-OH is 1. The van der Waals surface area contributed by atoms with Gasteiger partial charge in [0.05, 0.1) is 12.0 Å². The first kappa shape index (κ1) is 12.4. The number of hydrogen-bond donors (Lipinski definition) is 3. The molecule has 3 fully saturated rings. The van der Waals surface area contributed by atoms with Crippen LogP contribution in [0.25, 0.3) is 0 Å². The molecule has 3 N–H and O–H groups in total. The lowest BCUT2D eigenvalue weighted by atomic mass is 9.81. The summed E-state index contributed by atoms with van der Waals surface area (Å²) in [6.45, 7) is 2.02. The Bertz CT molecular complexity index is 322. The predicted octanol–water partition coefficient (Wildman–Crippen LogP) is 0.511. The third kappa shape index (κ3) is 1.95. The van der Waals surface area contributed by atoms with Crippen LogP contribution in [0.3, 0.4) is 0 Å². The monoisotopic (exact) mass is 252 g/mol. The maximum absolute atomic E-state index is 12.1. The van der Waals surface area contributed by atoms with Crippen molar-refractivity contribution in [3.8, 4) is 0 Å². The maximum atomic E-state index is 12.1. The minimum absolute atomic E-state index is 0.0391. The Balaban J connectivity index is 1.51. The number of nitrogens with one attached hydrogen (secondary N) is 2. The van der Waals surface area contributed by atoms with E-state index in [9.17, 15) is 9.90 Å². The van der Waals surface area contributed by atoms with Crippen LogP contribution in [-0.4, -0.2) is 37.3 Å². The summed E-state index contributed by atoms with van der Waals surface area (Å²) in [6.07, 6.45) is 6.78. The van der Waals surface area contributed by atoms with Gasteiger partial charge in [0.1, 0.15) is 0 Å². The highest BCUT2D eigenvalue weighted by Gasteiger charge is 2.44. The Morgan fingerprint density at radius 3 is 2.78 bits per heavy atom. The van der Waals surface area contributed by atoms with Crippen molar-refractivity contribution in [3.63, 3.8) is 0 Å². The maximum Gasteiger partial charge on any atom is 0.231 e. The lowest BCUT2D eigenvalue weighted by Gasteiger charge is -2.39. The normalized spacial score (nSPS) is 37.1. The van der Waals surface area contributed by atoms with Crippen molar-refractivity contribution < 1.29 is 9.90 Å². The number of carbonyl (C=O) groups excluding carboxylic acids is 1. The van der Waals surface area contributed by atoms with Crippen LogP contribution in [0.2, 0.25) is 0 Å². The van der Waals surface area contributed by atoms with Gasteiger partial charge in [0.25, 0.3) is 0 Å². The molecule has 0 aromatic carbocycles. The molecular formula is C14H24N2O2. The molecule has 1 aliphatic heterocycles. The van der Waals surface area contributed by atoms with E-state index in [2.05, 4.69) is 10.6 Å². The lowest BCUT2D eigenvalue weighted by molar-refractivity contribution is -0.137. The predicted molar refractivity (Wildman–Crippen MR) is 69.0 cm³/mol. The first-order valence-electron chi connectivity index (χ1n) is 7.35. The molecule has 0 radical (unpaired) electrons. The highest BCUT2D eigenvalue weighted by molar-refractivity contribution is 5.84. The number of fused-ring (bicyclic) bond motifs is 1. The van der Waals surface area contributed by atoms with Crippen LogP contribution in [0.4, 0.5) is 0 Å². The number of carbonyl (C=O) groups is 1. The van der Waals surface area contributed by atoms with Crippen molar-refractivity contribution in [1.82, 2.24) is 10.6 Å². The molecular weight excluding hydrogens is 228 g/mol. The van der Waals surface area contributed by atoms with Crippen molar-refractivity contribution in [2.24, 2.45) is 23.2 Å². The molecule has 102 valence electrons. The summed E-state index contributed by atoms with van der Waals surface area (Å²) in [5.41, 5.74) is -0.534. The fraction of sp³-hybridized carbons (Fsp3) is 0.929. The molecule has 3 atom stereocenters. The summed E-state index contributed by atoms with van der Waals surface area (Å²) >= 11 is 0. The van der Waals surface area contributed by atoms with Crippen LogP contribution >= 0.6 is 0 Å². The molecule has 3 rings (SSSR count). The lowest BCUT2D eigenvalue weighted by Crippen LogP contribution is -2.63. The van der Waals surface area contributed by atoms with E-state index < -0.39 is 5.41 Å². The number of hydrogen-bond acceptors (Lipinski definition) is 3. The fourth-order valence-electron chi connectivity index (χ4n) is 4.12. The second kappa shape index (κ2) is 4.82. The van der Waals surface area contributed by atoms with Gasteiger partial charge >= 0.3 is 0 Å². The summed E-state index contributed by atoms with van der Waals surface area (Å²) in [7, 11) is 0. The first-order valence-corrected chi connectivity index (χ1v) is 7.35. The molecule has 0 aromatic rings. The summed E-state index contributed by atoms with van der Waals surface area (Å²) < 4.78 is 0. The molecule has 0 bridgehead atoms. The van der Waals surface area contributed by atoms with E-state index in [1.807, 2.05) is 0 Å². The van der Waals surface area contributed by atoms with Crippen LogP contribution in [0.1, 0.15) is 32.1 Å². The molecule has 2 saturated carbocycles. The van der Waals surface area contributed by atoms with Gasteiger partial charge in [-0.25, -0.2) is 0 Å². The van der Waals surface area contributed by atoms with Gasteiger partial charge in [-0.1, -0.05) is 12.8 Å². The summed E-state index contributed by atoms with van der Waals surface area (Å²) in [5.74, 6) is 2.52. The smallest absolute Gasteiger partial charge is 0.231 e. The molecule has 1 saturated heterocycles. The van der Waals surface area contributed by atoms with Gasteiger partial charge in [0, 0.05) is 19.6 Å². The van der Waals surface area contributed by atoms with Crippen molar-refractivity contribution >= 4 is 5.91 Å².